The molecule has 1 amide bonds. The molecule has 7 nitrogen and oxygen atoms in total. The predicted octanol–water partition coefficient (Wildman–Crippen LogP) is 1.07. The molecule has 1 atom stereocenters. The predicted molar refractivity (Wildman–Crippen MR) is 93.0 cm³/mol. The molecule has 25 heavy (non-hydrogen) atoms. The van der Waals surface area contributed by atoms with Crippen molar-refractivity contribution >= 4 is 5.91 Å². The van der Waals surface area contributed by atoms with E-state index in [1.165, 1.54) is 0 Å². The lowest BCUT2D eigenvalue weighted by atomic mass is 9.74. The molecule has 2 fully saturated rings. The van der Waals surface area contributed by atoms with Crippen LogP contribution in [0, 0.1) is 5.41 Å². The molecular formula is C18H28N4O3. The summed E-state index contributed by atoms with van der Waals surface area (Å²) in [5, 5.41) is 9.82. The molecule has 7 heteroatoms. The normalized spacial score (nSPS) is 26.2. The first kappa shape index (κ1) is 18.1. The highest BCUT2D eigenvalue weighted by Gasteiger charge is 2.52. The quantitative estimate of drug-likeness (QED) is 0.877. The van der Waals surface area contributed by atoms with Gasteiger partial charge in [-0.3, -0.25) is 9.69 Å². The van der Waals surface area contributed by atoms with Crippen molar-refractivity contribution in [2.75, 3.05) is 33.4 Å². The van der Waals surface area contributed by atoms with Crippen molar-refractivity contribution in [2.45, 2.75) is 45.2 Å². The number of aromatic nitrogens is 2. The van der Waals surface area contributed by atoms with Crippen LogP contribution in [0.25, 0.3) is 0 Å². The fourth-order valence-electron chi connectivity index (χ4n) is 4.43. The van der Waals surface area contributed by atoms with E-state index >= 15 is 0 Å². The summed E-state index contributed by atoms with van der Waals surface area (Å²) >= 11 is 0. The monoisotopic (exact) mass is 348 g/mol. The molecule has 0 saturated carbocycles. The van der Waals surface area contributed by atoms with Crippen LogP contribution in [0.3, 0.4) is 0 Å². The molecular weight excluding hydrogens is 320 g/mol. The summed E-state index contributed by atoms with van der Waals surface area (Å²) in [5.41, 5.74) is 0.794. The van der Waals surface area contributed by atoms with Gasteiger partial charge in [-0.1, -0.05) is 0 Å². The van der Waals surface area contributed by atoms with E-state index in [2.05, 4.69) is 14.9 Å². The molecule has 0 aromatic carbocycles. The van der Waals surface area contributed by atoms with Gasteiger partial charge in [0.2, 0.25) is 5.91 Å². The second-order valence-corrected chi connectivity index (χ2v) is 7.79. The van der Waals surface area contributed by atoms with Gasteiger partial charge < -0.3 is 14.7 Å². The Hall–Kier alpha value is -1.73. The van der Waals surface area contributed by atoms with Crippen molar-refractivity contribution in [1.29, 1.82) is 0 Å². The first-order chi connectivity index (χ1) is 11.9. The minimum atomic E-state index is -0.419. The average molecular weight is 348 g/mol. The van der Waals surface area contributed by atoms with Crippen molar-refractivity contribution in [3.8, 4) is 6.01 Å². The summed E-state index contributed by atoms with van der Waals surface area (Å²) in [4.78, 5) is 24.6. The number of piperidine rings is 1. The number of methoxy groups -OCH3 is 1. The molecule has 2 saturated heterocycles. The van der Waals surface area contributed by atoms with Gasteiger partial charge >= 0.3 is 6.01 Å². The Labute approximate surface area is 149 Å². The van der Waals surface area contributed by atoms with Gasteiger partial charge in [0.1, 0.15) is 0 Å². The van der Waals surface area contributed by atoms with Crippen LogP contribution in [0.2, 0.25) is 0 Å². The topological polar surface area (TPSA) is 78.8 Å². The number of nitrogens with zero attached hydrogens (tertiary/aromatic N) is 4. The molecule has 2 aliphatic rings. The van der Waals surface area contributed by atoms with Crippen molar-refractivity contribution in [1.82, 2.24) is 19.8 Å². The minimum Gasteiger partial charge on any atom is -0.467 e. The van der Waals surface area contributed by atoms with E-state index < -0.39 is 5.54 Å². The largest absolute Gasteiger partial charge is 0.467 e. The highest BCUT2D eigenvalue weighted by molar-refractivity contribution is 5.74. The van der Waals surface area contributed by atoms with Gasteiger partial charge in [-0.15, -0.1) is 0 Å². The van der Waals surface area contributed by atoms with Crippen LogP contribution < -0.4 is 4.74 Å². The van der Waals surface area contributed by atoms with Gasteiger partial charge in [0.25, 0.3) is 0 Å². The maximum absolute atomic E-state index is 12.0. The van der Waals surface area contributed by atoms with E-state index in [1.807, 2.05) is 24.2 Å². The van der Waals surface area contributed by atoms with Crippen LogP contribution in [-0.2, 0) is 11.3 Å². The molecule has 1 aromatic rings. The third-order valence-corrected chi connectivity index (χ3v) is 5.81. The second-order valence-electron chi connectivity index (χ2n) is 7.79. The minimum absolute atomic E-state index is 0.0290. The lowest BCUT2D eigenvalue weighted by Gasteiger charge is -2.39. The third-order valence-electron chi connectivity index (χ3n) is 5.81. The SMILES string of the molecule is COc1ncc(CN2CCC3(CC2)CN(C(C)=O)C(C)(CO)C3)cn1. The fraction of sp³-hybridized carbons (Fsp3) is 0.722. The molecule has 0 radical (unpaired) electrons. The molecule has 1 spiro atoms. The standard InChI is InChI=1S/C18H28N4O3/c1-14(24)22-12-18(11-17(22,2)13-23)4-6-21(7-5-18)10-15-8-19-16(25-3)20-9-15/h8-9,23H,4-7,10-13H2,1-3H3. The maximum atomic E-state index is 12.0. The smallest absolute Gasteiger partial charge is 0.316 e. The van der Waals surface area contributed by atoms with Gasteiger partial charge in [0.05, 0.1) is 19.3 Å². The number of carbonyl (C=O) groups is 1. The second kappa shape index (κ2) is 6.88. The summed E-state index contributed by atoms with van der Waals surface area (Å²) < 4.78 is 4.99. The molecule has 1 unspecified atom stereocenters. The molecule has 0 aliphatic carbocycles. The summed E-state index contributed by atoms with van der Waals surface area (Å²) in [5.74, 6) is 0.0613. The maximum Gasteiger partial charge on any atom is 0.316 e. The number of carbonyl (C=O) groups excluding carboxylic acids is 1. The van der Waals surface area contributed by atoms with E-state index in [0.717, 1.165) is 51.0 Å². The van der Waals surface area contributed by atoms with Crippen molar-refractivity contribution in [3.63, 3.8) is 0 Å². The zero-order valence-corrected chi connectivity index (χ0v) is 15.4. The van der Waals surface area contributed by atoms with Crippen LogP contribution in [0.4, 0.5) is 0 Å². The lowest BCUT2D eigenvalue weighted by Crippen LogP contribution is -2.46. The Morgan fingerprint density at radius 1 is 1.32 bits per heavy atom. The Kier molecular flexibility index (Phi) is 4.97. The van der Waals surface area contributed by atoms with Crippen molar-refractivity contribution in [2.24, 2.45) is 5.41 Å². The number of ether oxygens (including phenoxy) is 1. The summed E-state index contributed by atoms with van der Waals surface area (Å²) in [6.45, 7) is 7.20. The number of hydrogen-bond acceptors (Lipinski definition) is 6. The summed E-state index contributed by atoms with van der Waals surface area (Å²) in [6.07, 6.45) is 6.60. The number of rotatable bonds is 4. The van der Waals surface area contributed by atoms with Crippen LogP contribution in [0.5, 0.6) is 6.01 Å². The Bertz CT molecular complexity index is 613. The highest BCUT2D eigenvalue weighted by Crippen LogP contribution is 2.48. The van der Waals surface area contributed by atoms with Gasteiger partial charge in [0.15, 0.2) is 0 Å². The number of likely N-dealkylation sites (tertiary alicyclic amines) is 2. The summed E-state index contributed by atoms with van der Waals surface area (Å²) in [6, 6.07) is 0.389. The van der Waals surface area contributed by atoms with Crippen LogP contribution in [-0.4, -0.2) is 69.7 Å². The first-order valence-electron chi connectivity index (χ1n) is 8.86. The van der Waals surface area contributed by atoms with E-state index in [-0.39, 0.29) is 17.9 Å². The molecule has 3 heterocycles. The highest BCUT2D eigenvalue weighted by atomic mass is 16.5. The number of hydrogen-bond donors (Lipinski definition) is 1. The molecule has 0 bridgehead atoms. The van der Waals surface area contributed by atoms with Crippen molar-refractivity contribution in [3.05, 3.63) is 18.0 Å². The van der Waals surface area contributed by atoms with E-state index in [0.29, 0.717) is 6.01 Å². The zero-order valence-electron chi connectivity index (χ0n) is 15.4. The first-order valence-corrected chi connectivity index (χ1v) is 8.86. The van der Waals surface area contributed by atoms with Gasteiger partial charge in [0, 0.05) is 38.0 Å². The number of amides is 1. The van der Waals surface area contributed by atoms with E-state index in [4.69, 9.17) is 4.74 Å². The fourth-order valence-corrected chi connectivity index (χ4v) is 4.43. The average Bonchev–Trinajstić information content (AvgIpc) is 2.91. The van der Waals surface area contributed by atoms with E-state index in [9.17, 15) is 9.90 Å². The molecule has 1 N–H and O–H groups in total. The molecule has 3 rings (SSSR count). The number of aliphatic hydroxyl groups is 1. The Balaban J connectivity index is 1.60. The van der Waals surface area contributed by atoms with Crippen LogP contribution in [0.15, 0.2) is 12.4 Å². The Morgan fingerprint density at radius 3 is 2.44 bits per heavy atom. The van der Waals surface area contributed by atoms with Gasteiger partial charge in [-0.2, -0.15) is 0 Å². The van der Waals surface area contributed by atoms with Crippen LogP contribution >= 0.6 is 0 Å². The molecule has 138 valence electrons. The van der Waals surface area contributed by atoms with Crippen molar-refractivity contribution < 1.29 is 14.6 Å². The molecule has 2 aliphatic heterocycles. The zero-order chi connectivity index (χ0) is 18.1. The third kappa shape index (κ3) is 3.62. The Morgan fingerprint density at radius 2 is 1.96 bits per heavy atom. The lowest BCUT2D eigenvalue weighted by molar-refractivity contribution is -0.134. The molecule has 1 aromatic heterocycles. The summed E-state index contributed by atoms with van der Waals surface area (Å²) in [7, 11) is 1.56. The van der Waals surface area contributed by atoms with Gasteiger partial charge in [-0.05, 0) is 44.7 Å². The van der Waals surface area contributed by atoms with E-state index in [1.54, 1.807) is 14.0 Å². The van der Waals surface area contributed by atoms with Crippen LogP contribution in [0.1, 0.15) is 38.7 Å². The van der Waals surface area contributed by atoms with Gasteiger partial charge in [-0.25, -0.2) is 9.97 Å². The number of aliphatic hydroxyl groups excluding tert-OH is 1.